The van der Waals surface area contributed by atoms with E-state index < -0.39 is 0 Å². The number of phenols is 1. The first kappa shape index (κ1) is 11.3. The molecular formula is C10H12ClNO4. The van der Waals surface area contributed by atoms with Crippen molar-refractivity contribution in [2.75, 3.05) is 19.8 Å². The zero-order valence-corrected chi connectivity index (χ0v) is 9.29. The Morgan fingerprint density at radius 3 is 2.94 bits per heavy atom. The third kappa shape index (κ3) is 2.02. The fraction of sp³-hybridized carbons (Fsp3) is 0.400. The first-order valence-electron chi connectivity index (χ1n) is 4.85. The van der Waals surface area contributed by atoms with E-state index in [1.54, 1.807) is 0 Å². The number of hydrogen-bond donors (Lipinski definition) is 2. The molecule has 1 aromatic carbocycles. The Balaban J connectivity index is 2.41. The molecule has 1 aliphatic rings. The van der Waals surface area contributed by atoms with Crippen molar-refractivity contribution >= 4 is 11.6 Å². The predicted molar refractivity (Wildman–Crippen MR) is 58.0 cm³/mol. The lowest BCUT2D eigenvalue weighted by molar-refractivity contribution is 0.137. The molecule has 0 saturated carbocycles. The van der Waals surface area contributed by atoms with Gasteiger partial charge in [0, 0.05) is 18.1 Å². The second kappa shape index (κ2) is 4.78. The molecule has 0 amide bonds. The van der Waals surface area contributed by atoms with E-state index in [1.807, 2.05) is 0 Å². The maximum atomic E-state index is 9.62. The Morgan fingerprint density at radius 1 is 1.44 bits per heavy atom. The van der Waals surface area contributed by atoms with Crippen LogP contribution in [0.2, 0.25) is 5.02 Å². The van der Waals surface area contributed by atoms with E-state index in [4.69, 9.17) is 27.0 Å². The van der Waals surface area contributed by atoms with Crippen molar-refractivity contribution in [3.63, 3.8) is 0 Å². The number of rotatable bonds is 3. The maximum absolute atomic E-state index is 9.62. The summed E-state index contributed by atoms with van der Waals surface area (Å²) in [4.78, 5) is 4.50. The second-order valence-electron chi connectivity index (χ2n) is 3.33. The zero-order valence-electron chi connectivity index (χ0n) is 8.53. The van der Waals surface area contributed by atoms with Crippen molar-refractivity contribution in [3.8, 4) is 17.2 Å². The summed E-state index contributed by atoms with van der Waals surface area (Å²) in [7, 11) is 0. The summed E-state index contributed by atoms with van der Waals surface area (Å²) in [6, 6.07) is 1.45. The van der Waals surface area contributed by atoms with E-state index in [2.05, 4.69) is 4.84 Å². The molecule has 0 atom stereocenters. The van der Waals surface area contributed by atoms with Gasteiger partial charge in [-0.2, -0.15) is 0 Å². The summed E-state index contributed by atoms with van der Waals surface area (Å²) in [6.45, 7) is 1.21. The van der Waals surface area contributed by atoms with Gasteiger partial charge < -0.3 is 19.4 Å². The molecule has 3 N–H and O–H groups in total. The highest BCUT2D eigenvalue weighted by atomic mass is 35.5. The molecule has 6 heteroatoms. The fourth-order valence-electron chi connectivity index (χ4n) is 1.60. The highest BCUT2D eigenvalue weighted by Crippen LogP contribution is 2.43. The average molecular weight is 246 g/mol. The minimum absolute atomic E-state index is 0.0297. The number of aromatic hydroxyl groups is 1. The minimum Gasteiger partial charge on any atom is -0.506 e. The van der Waals surface area contributed by atoms with Crippen molar-refractivity contribution < 1.29 is 19.4 Å². The van der Waals surface area contributed by atoms with Crippen molar-refractivity contribution in [3.05, 3.63) is 16.7 Å². The van der Waals surface area contributed by atoms with Crippen molar-refractivity contribution in [2.45, 2.75) is 6.42 Å². The van der Waals surface area contributed by atoms with Crippen molar-refractivity contribution in [1.29, 1.82) is 0 Å². The molecule has 0 saturated heterocycles. The lowest BCUT2D eigenvalue weighted by atomic mass is 10.1. The lowest BCUT2D eigenvalue weighted by Gasteiger charge is -2.22. The maximum Gasteiger partial charge on any atom is 0.166 e. The van der Waals surface area contributed by atoms with Crippen LogP contribution in [0.1, 0.15) is 5.56 Å². The minimum atomic E-state index is -0.0297. The standard InChI is InChI=1S/C10H12ClNO4/c11-9-6(1-2-16-12)10-8(5-7(9)13)14-3-4-15-10/h5,13H,1-4,12H2. The third-order valence-corrected chi connectivity index (χ3v) is 2.73. The van der Waals surface area contributed by atoms with E-state index in [0.717, 1.165) is 0 Å². The Bertz CT molecular complexity index is 397. The number of nitrogens with two attached hydrogens (primary N) is 1. The Morgan fingerprint density at radius 2 is 2.19 bits per heavy atom. The van der Waals surface area contributed by atoms with E-state index >= 15 is 0 Å². The molecule has 88 valence electrons. The largest absolute Gasteiger partial charge is 0.506 e. The van der Waals surface area contributed by atoms with E-state index in [-0.39, 0.29) is 10.8 Å². The van der Waals surface area contributed by atoms with Crippen LogP contribution in [0.15, 0.2) is 6.07 Å². The third-order valence-electron chi connectivity index (χ3n) is 2.31. The van der Waals surface area contributed by atoms with Gasteiger partial charge in [0.15, 0.2) is 11.5 Å². The van der Waals surface area contributed by atoms with Gasteiger partial charge in [-0.05, 0) is 0 Å². The quantitative estimate of drug-likeness (QED) is 0.784. The zero-order chi connectivity index (χ0) is 11.5. The molecule has 1 heterocycles. The molecule has 16 heavy (non-hydrogen) atoms. The number of halogens is 1. The summed E-state index contributed by atoms with van der Waals surface area (Å²) in [6.07, 6.45) is 0.454. The normalized spacial score (nSPS) is 13.9. The van der Waals surface area contributed by atoms with Crippen LogP contribution in [0.25, 0.3) is 0 Å². The molecule has 1 aromatic rings. The van der Waals surface area contributed by atoms with Crippen LogP contribution < -0.4 is 15.4 Å². The SMILES string of the molecule is NOCCc1c(Cl)c(O)cc2c1OCCO2. The van der Waals surface area contributed by atoms with Crippen LogP contribution in [-0.2, 0) is 11.3 Å². The Kier molecular flexibility index (Phi) is 3.38. The Labute approximate surface area is 97.6 Å². The summed E-state index contributed by atoms with van der Waals surface area (Å²) in [5.41, 5.74) is 0.654. The van der Waals surface area contributed by atoms with Crippen LogP contribution in [0, 0.1) is 0 Å². The van der Waals surface area contributed by atoms with Gasteiger partial charge in [-0.15, -0.1) is 0 Å². The smallest absolute Gasteiger partial charge is 0.166 e. The summed E-state index contributed by atoms with van der Waals surface area (Å²) in [5, 5.41) is 9.87. The molecular weight excluding hydrogens is 234 g/mol. The average Bonchev–Trinajstić information content (AvgIpc) is 2.30. The van der Waals surface area contributed by atoms with Gasteiger partial charge in [-0.3, -0.25) is 0 Å². The summed E-state index contributed by atoms with van der Waals surface area (Å²) >= 11 is 5.98. The van der Waals surface area contributed by atoms with Crippen molar-refractivity contribution in [2.24, 2.45) is 5.90 Å². The molecule has 0 spiro atoms. The Hall–Kier alpha value is -1.17. The van der Waals surface area contributed by atoms with E-state index in [1.165, 1.54) is 6.07 Å². The molecule has 2 rings (SSSR count). The molecule has 5 nitrogen and oxygen atoms in total. The van der Waals surface area contributed by atoms with Crippen LogP contribution in [0.3, 0.4) is 0 Å². The molecule has 0 bridgehead atoms. The number of ether oxygens (including phenoxy) is 2. The first-order chi connectivity index (χ1) is 7.74. The van der Waals surface area contributed by atoms with Gasteiger partial charge in [0.25, 0.3) is 0 Å². The molecule has 0 aliphatic carbocycles. The van der Waals surface area contributed by atoms with Gasteiger partial charge in [0.05, 0.1) is 11.6 Å². The molecule has 0 aromatic heterocycles. The van der Waals surface area contributed by atoms with Gasteiger partial charge in [-0.1, -0.05) is 11.6 Å². The lowest BCUT2D eigenvalue weighted by Crippen LogP contribution is -2.17. The molecule has 1 aliphatic heterocycles. The van der Waals surface area contributed by atoms with Gasteiger partial charge >= 0.3 is 0 Å². The summed E-state index contributed by atoms with van der Waals surface area (Å²) < 4.78 is 10.8. The van der Waals surface area contributed by atoms with E-state index in [0.29, 0.717) is 43.3 Å². The molecule has 0 fully saturated rings. The van der Waals surface area contributed by atoms with Crippen LogP contribution in [-0.4, -0.2) is 24.9 Å². The highest BCUT2D eigenvalue weighted by molar-refractivity contribution is 6.33. The summed E-state index contributed by atoms with van der Waals surface area (Å²) in [5.74, 6) is 5.99. The molecule has 0 unspecified atom stereocenters. The second-order valence-corrected chi connectivity index (χ2v) is 3.71. The van der Waals surface area contributed by atoms with Gasteiger partial charge in [0.2, 0.25) is 0 Å². The molecule has 0 radical (unpaired) electrons. The number of fused-ring (bicyclic) bond motifs is 1. The van der Waals surface area contributed by atoms with Crippen LogP contribution in [0.4, 0.5) is 0 Å². The van der Waals surface area contributed by atoms with Gasteiger partial charge in [-0.25, -0.2) is 5.90 Å². The topological polar surface area (TPSA) is 73.9 Å². The highest BCUT2D eigenvalue weighted by Gasteiger charge is 2.21. The first-order valence-corrected chi connectivity index (χ1v) is 5.23. The number of hydrogen-bond acceptors (Lipinski definition) is 5. The van der Waals surface area contributed by atoms with E-state index in [9.17, 15) is 5.11 Å². The number of benzene rings is 1. The number of phenolic OH excluding ortho intramolecular Hbond substituents is 1. The predicted octanol–water partition coefficient (Wildman–Crippen LogP) is 1.25. The van der Waals surface area contributed by atoms with Gasteiger partial charge in [0.1, 0.15) is 19.0 Å². The van der Waals surface area contributed by atoms with Crippen LogP contribution >= 0.6 is 11.6 Å². The van der Waals surface area contributed by atoms with Crippen molar-refractivity contribution in [1.82, 2.24) is 0 Å². The fourth-order valence-corrected chi connectivity index (χ4v) is 1.84. The van der Waals surface area contributed by atoms with Crippen LogP contribution in [0.5, 0.6) is 17.2 Å². The monoisotopic (exact) mass is 245 g/mol.